The van der Waals surface area contributed by atoms with Crippen LogP contribution < -0.4 is 15.1 Å². The van der Waals surface area contributed by atoms with Crippen molar-refractivity contribution in [1.29, 1.82) is 0 Å². The van der Waals surface area contributed by atoms with Gasteiger partial charge >= 0.3 is 5.63 Å². The topological polar surface area (TPSA) is 159 Å². The van der Waals surface area contributed by atoms with Crippen molar-refractivity contribution in [3.05, 3.63) is 28.6 Å². The Balaban J connectivity index is 1.77. The number of rotatable bonds is 9. The van der Waals surface area contributed by atoms with Crippen LogP contribution in [-0.4, -0.2) is 69.5 Å². The second kappa shape index (κ2) is 10.3. The average Bonchev–Trinajstić information content (AvgIpc) is 2.75. The second-order valence-corrected chi connectivity index (χ2v) is 7.45. The minimum atomic E-state index is -1.59. The Morgan fingerprint density at radius 2 is 1.84 bits per heavy atom. The molecular formula is C21H28O10. The molecule has 1 saturated heterocycles. The third-order valence-corrected chi connectivity index (χ3v) is 5.16. The smallest absolute Gasteiger partial charge is 0.383 e. The largest absolute Gasteiger partial charge is 0.504 e. The summed E-state index contributed by atoms with van der Waals surface area (Å²) in [5, 5.41) is 49.7. The number of fused-ring (bicyclic) bond motifs is 1. The standard InChI is InChI=1S/C21H28O10/c1-2-3-4-5-8-28-19-15(23)12-7-6-11(9-13(12)30-20(19)27)29-21-18(26)17(25)16(24)14(10-22)31-21/h6-7,9,14,16-18,21-26H,2-5,8,10H2,1H3/t14-,16-,17+,18-,21-/m1/s1. The van der Waals surface area contributed by atoms with Crippen LogP contribution in [0, 0.1) is 0 Å². The molecule has 3 rings (SSSR count). The maximum Gasteiger partial charge on any atom is 0.383 e. The number of unbranched alkanes of at least 4 members (excludes halogenated alkanes) is 3. The summed E-state index contributed by atoms with van der Waals surface area (Å²) >= 11 is 0. The normalized spacial score (nSPS) is 26.2. The maximum absolute atomic E-state index is 12.2. The highest BCUT2D eigenvalue weighted by atomic mass is 16.7. The van der Waals surface area contributed by atoms with E-state index in [9.17, 15) is 30.3 Å². The lowest BCUT2D eigenvalue weighted by Gasteiger charge is -2.39. The summed E-state index contributed by atoms with van der Waals surface area (Å²) in [7, 11) is 0. The van der Waals surface area contributed by atoms with Gasteiger partial charge in [0.1, 0.15) is 35.7 Å². The van der Waals surface area contributed by atoms with Crippen LogP contribution in [0.25, 0.3) is 11.0 Å². The molecule has 0 bridgehead atoms. The maximum atomic E-state index is 12.2. The van der Waals surface area contributed by atoms with E-state index in [0.29, 0.717) is 0 Å². The van der Waals surface area contributed by atoms with Crippen LogP contribution in [0.2, 0.25) is 0 Å². The zero-order valence-corrected chi connectivity index (χ0v) is 17.1. The van der Waals surface area contributed by atoms with Gasteiger partial charge in [-0.1, -0.05) is 26.2 Å². The third kappa shape index (κ3) is 5.10. The predicted molar refractivity (Wildman–Crippen MR) is 108 cm³/mol. The average molecular weight is 440 g/mol. The Hall–Kier alpha value is -2.37. The van der Waals surface area contributed by atoms with Crippen molar-refractivity contribution in [3.8, 4) is 17.2 Å². The van der Waals surface area contributed by atoms with Crippen molar-refractivity contribution < 1.29 is 44.2 Å². The highest BCUT2D eigenvalue weighted by molar-refractivity contribution is 5.86. The van der Waals surface area contributed by atoms with E-state index in [1.807, 2.05) is 0 Å². The summed E-state index contributed by atoms with van der Waals surface area (Å²) < 4.78 is 21.5. The monoisotopic (exact) mass is 440 g/mol. The molecule has 10 nitrogen and oxygen atoms in total. The van der Waals surface area contributed by atoms with E-state index < -0.39 is 42.9 Å². The van der Waals surface area contributed by atoms with Gasteiger partial charge in [-0.05, 0) is 18.6 Å². The molecule has 10 heteroatoms. The lowest BCUT2D eigenvalue weighted by Crippen LogP contribution is -2.60. The minimum absolute atomic E-state index is 0.0166. The molecule has 1 aromatic carbocycles. The van der Waals surface area contributed by atoms with Crippen molar-refractivity contribution in [1.82, 2.24) is 0 Å². The Kier molecular flexibility index (Phi) is 7.74. The van der Waals surface area contributed by atoms with Crippen LogP contribution in [0.5, 0.6) is 17.2 Å². The van der Waals surface area contributed by atoms with E-state index in [1.165, 1.54) is 18.2 Å². The van der Waals surface area contributed by atoms with Gasteiger partial charge in [-0.3, -0.25) is 0 Å². The summed E-state index contributed by atoms with van der Waals surface area (Å²) in [5.74, 6) is -0.500. The molecule has 1 fully saturated rings. The van der Waals surface area contributed by atoms with E-state index in [-0.39, 0.29) is 34.8 Å². The fourth-order valence-corrected chi connectivity index (χ4v) is 3.35. The Labute approximate surface area is 178 Å². The van der Waals surface area contributed by atoms with Crippen LogP contribution in [0.15, 0.2) is 27.4 Å². The summed E-state index contributed by atoms with van der Waals surface area (Å²) in [6, 6.07) is 4.19. The van der Waals surface area contributed by atoms with Gasteiger partial charge in [-0.15, -0.1) is 0 Å². The molecule has 1 aliphatic rings. The zero-order chi connectivity index (χ0) is 22.5. The lowest BCUT2D eigenvalue weighted by molar-refractivity contribution is -0.277. The number of aromatic hydroxyl groups is 1. The molecule has 0 radical (unpaired) electrons. The van der Waals surface area contributed by atoms with E-state index in [4.69, 9.17) is 18.6 Å². The first kappa shape index (κ1) is 23.3. The van der Waals surface area contributed by atoms with E-state index in [1.54, 1.807) is 0 Å². The van der Waals surface area contributed by atoms with Crippen LogP contribution >= 0.6 is 0 Å². The van der Waals surface area contributed by atoms with Crippen LogP contribution in [0.4, 0.5) is 0 Å². The Morgan fingerprint density at radius 3 is 2.55 bits per heavy atom. The molecule has 1 aromatic heterocycles. The quantitative estimate of drug-likeness (QED) is 0.277. The van der Waals surface area contributed by atoms with Gasteiger partial charge in [0.25, 0.3) is 0 Å². The molecule has 5 atom stereocenters. The predicted octanol–water partition coefficient (Wildman–Crippen LogP) is 0.636. The van der Waals surface area contributed by atoms with Gasteiger partial charge in [-0.25, -0.2) is 4.79 Å². The molecule has 5 N–H and O–H groups in total. The van der Waals surface area contributed by atoms with Gasteiger partial charge < -0.3 is 44.2 Å². The molecule has 1 aliphatic heterocycles. The van der Waals surface area contributed by atoms with Crippen molar-refractivity contribution in [3.63, 3.8) is 0 Å². The van der Waals surface area contributed by atoms with E-state index in [0.717, 1.165) is 25.7 Å². The molecule has 0 unspecified atom stereocenters. The number of aliphatic hydroxyl groups excluding tert-OH is 4. The van der Waals surface area contributed by atoms with Crippen LogP contribution in [-0.2, 0) is 4.74 Å². The molecule has 0 saturated carbocycles. The van der Waals surface area contributed by atoms with Gasteiger partial charge in [0, 0.05) is 6.07 Å². The lowest BCUT2D eigenvalue weighted by atomic mass is 9.99. The summed E-state index contributed by atoms with van der Waals surface area (Å²) in [6.45, 7) is 1.77. The van der Waals surface area contributed by atoms with Crippen molar-refractivity contribution in [2.75, 3.05) is 13.2 Å². The highest BCUT2D eigenvalue weighted by Gasteiger charge is 2.44. The number of hydrogen-bond donors (Lipinski definition) is 5. The zero-order valence-electron chi connectivity index (χ0n) is 17.1. The fourth-order valence-electron chi connectivity index (χ4n) is 3.35. The summed E-state index contributed by atoms with van der Waals surface area (Å²) in [6.07, 6.45) is -3.37. The van der Waals surface area contributed by atoms with Gasteiger partial charge in [0.2, 0.25) is 12.0 Å². The van der Waals surface area contributed by atoms with E-state index in [2.05, 4.69) is 6.92 Å². The molecule has 0 aliphatic carbocycles. The minimum Gasteiger partial charge on any atom is -0.504 e. The van der Waals surface area contributed by atoms with Gasteiger partial charge in [0.15, 0.2) is 5.75 Å². The molecule has 172 valence electrons. The molecule has 2 aromatic rings. The van der Waals surface area contributed by atoms with Crippen molar-refractivity contribution in [2.45, 2.75) is 63.3 Å². The third-order valence-electron chi connectivity index (χ3n) is 5.16. The number of benzene rings is 1. The van der Waals surface area contributed by atoms with Crippen LogP contribution in [0.1, 0.15) is 32.6 Å². The molecule has 0 amide bonds. The molecular weight excluding hydrogens is 412 g/mol. The highest BCUT2D eigenvalue weighted by Crippen LogP contribution is 2.34. The summed E-state index contributed by atoms with van der Waals surface area (Å²) in [4.78, 5) is 12.2. The number of aliphatic hydroxyl groups is 4. The van der Waals surface area contributed by atoms with Gasteiger partial charge in [0.05, 0.1) is 18.6 Å². The Morgan fingerprint density at radius 1 is 1.06 bits per heavy atom. The first-order valence-corrected chi connectivity index (χ1v) is 10.3. The summed E-state index contributed by atoms with van der Waals surface area (Å²) in [5.41, 5.74) is -0.826. The van der Waals surface area contributed by atoms with Gasteiger partial charge in [-0.2, -0.15) is 0 Å². The Bertz CT molecular complexity index is 924. The first-order valence-electron chi connectivity index (χ1n) is 10.3. The molecule has 2 heterocycles. The second-order valence-electron chi connectivity index (χ2n) is 7.45. The van der Waals surface area contributed by atoms with Crippen LogP contribution in [0.3, 0.4) is 0 Å². The SMILES string of the molecule is CCCCCCOc1c(O)c2ccc(O[C@@H]3O[C@H](CO)[C@@H](O)[C@H](O)[C@H]3O)cc2oc1=O. The first-order chi connectivity index (χ1) is 14.9. The number of ether oxygens (including phenoxy) is 3. The molecule has 0 spiro atoms. The van der Waals surface area contributed by atoms with E-state index >= 15 is 0 Å². The molecule has 31 heavy (non-hydrogen) atoms. The van der Waals surface area contributed by atoms with Crippen molar-refractivity contribution in [2.24, 2.45) is 0 Å². The fraction of sp³-hybridized carbons (Fsp3) is 0.571. The number of hydrogen-bond acceptors (Lipinski definition) is 10. The van der Waals surface area contributed by atoms with Crippen molar-refractivity contribution >= 4 is 11.0 Å².